The van der Waals surface area contributed by atoms with Crippen LogP contribution in [0.15, 0.2) is 33.6 Å². The Morgan fingerprint density at radius 1 is 1.17 bits per heavy atom. The molecule has 0 saturated carbocycles. The lowest BCUT2D eigenvalue weighted by Gasteiger charge is -2.34. The fourth-order valence-electron chi connectivity index (χ4n) is 3.83. The molecular formula is C19H26N4O5S2. The monoisotopic (exact) mass is 454 g/mol. The van der Waals surface area contributed by atoms with E-state index < -0.39 is 10.0 Å². The van der Waals surface area contributed by atoms with Gasteiger partial charge in [-0.3, -0.25) is 4.90 Å². The molecule has 0 bridgehead atoms. The van der Waals surface area contributed by atoms with Crippen molar-refractivity contribution >= 4 is 22.2 Å². The largest absolute Gasteiger partial charge is 0.409 e. The number of morpholine rings is 2. The topological polar surface area (TPSA) is 90.0 Å². The fourth-order valence-corrected chi connectivity index (χ4v) is 5.46. The van der Waals surface area contributed by atoms with Gasteiger partial charge in [0.05, 0.1) is 37.0 Å². The highest BCUT2D eigenvalue weighted by atomic mass is 32.2. The van der Waals surface area contributed by atoms with E-state index in [1.54, 1.807) is 28.9 Å². The van der Waals surface area contributed by atoms with Crippen molar-refractivity contribution in [3.63, 3.8) is 0 Å². The van der Waals surface area contributed by atoms with Crippen molar-refractivity contribution in [3.05, 3.63) is 29.1 Å². The summed E-state index contributed by atoms with van der Waals surface area (Å²) in [5.41, 5.74) is 0.567. The van der Waals surface area contributed by atoms with Gasteiger partial charge in [0.25, 0.3) is 4.84 Å². The van der Waals surface area contributed by atoms with E-state index in [9.17, 15) is 8.42 Å². The summed E-state index contributed by atoms with van der Waals surface area (Å²) >= 11 is 5.34. The molecular weight excluding hydrogens is 428 g/mol. The summed E-state index contributed by atoms with van der Waals surface area (Å²) in [5, 5.41) is 4.49. The van der Waals surface area contributed by atoms with E-state index >= 15 is 0 Å². The molecule has 11 heteroatoms. The number of benzene rings is 1. The van der Waals surface area contributed by atoms with Crippen LogP contribution in [0, 0.1) is 4.84 Å². The van der Waals surface area contributed by atoms with Gasteiger partial charge in [-0.25, -0.2) is 13.1 Å². The molecule has 0 amide bonds. The molecule has 0 radical (unpaired) electrons. The van der Waals surface area contributed by atoms with Crippen LogP contribution in [0.5, 0.6) is 0 Å². The van der Waals surface area contributed by atoms with E-state index in [-0.39, 0.29) is 21.9 Å². The van der Waals surface area contributed by atoms with Crippen LogP contribution in [0.1, 0.15) is 13.8 Å². The van der Waals surface area contributed by atoms with E-state index in [2.05, 4.69) is 10.00 Å². The predicted molar refractivity (Wildman–Crippen MR) is 112 cm³/mol. The first kappa shape index (κ1) is 21.6. The molecule has 1 aromatic carbocycles. The summed E-state index contributed by atoms with van der Waals surface area (Å²) < 4.78 is 45.7. The maximum Gasteiger partial charge on any atom is 0.288 e. The molecule has 164 valence electrons. The molecule has 2 aliphatic heterocycles. The summed E-state index contributed by atoms with van der Waals surface area (Å²) in [7, 11) is -3.60. The van der Waals surface area contributed by atoms with Gasteiger partial charge in [-0.15, -0.1) is 5.10 Å². The van der Waals surface area contributed by atoms with Gasteiger partial charge in [-0.2, -0.15) is 4.31 Å². The van der Waals surface area contributed by atoms with Crippen LogP contribution < -0.4 is 0 Å². The Bertz CT molecular complexity index is 1040. The standard InChI is InChI=1S/C19H26N4O5S2/c1-14-11-21(12-15(2)27-14)13-23-19(29)28-18(20-23)16-4-3-5-17(10-16)30(24,25)22-6-8-26-9-7-22/h3-5,10,14-15H,6-9,11-13H2,1-2H3/t14-,15-/m0/s1. The van der Waals surface area contributed by atoms with Gasteiger partial charge < -0.3 is 13.9 Å². The van der Waals surface area contributed by atoms with E-state index in [4.69, 9.17) is 26.1 Å². The number of sulfonamides is 1. The van der Waals surface area contributed by atoms with E-state index in [0.717, 1.165) is 13.1 Å². The number of nitrogens with zero attached hydrogens (tertiary/aromatic N) is 4. The van der Waals surface area contributed by atoms with Crippen LogP contribution in [0.25, 0.3) is 11.5 Å². The lowest BCUT2D eigenvalue weighted by atomic mass is 10.2. The second-order valence-electron chi connectivity index (χ2n) is 7.65. The molecule has 2 atom stereocenters. The average Bonchev–Trinajstić information content (AvgIpc) is 3.08. The minimum atomic E-state index is -3.60. The number of ether oxygens (including phenoxy) is 2. The molecule has 0 aliphatic carbocycles. The van der Waals surface area contributed by atoms with Crippen molar-refractivity contribution < 1.29 is 22.3 Å². The normalized spacial score (nSPS) is 24.2. The third-order valence-electron chi connectivity index (χ3n) is 5.12. The number of hydrogen-bond donors (Lipinski definition) is 0. The summed E-state index contributed by atoms with van der Waals surface area (Å²) in [6, 6.07) is 6.61. The van der Waals surface area contributed by atoms with Crippen molar-refractivity contribution in [1.29, 1.82) is 0 Å². The van der Waals surface area contributed by atoms with E-state index in [0.29, 0.717) is 44.4 Å². The molecule has 2 aliphatic rings. The van der Waals surface area contributed by atoms with Gasteiger partial charge in [0.15, 0.2) is 0 Å². The summed E-state index contributed by atoms with van der Waals surface area (Å²) in [6.45, 7) is 7.62. The molecule has 0 unspecified atom stereocenters. The van der Waals surface area contributed by atoms with Crippen LogP contribution >= 0.6 is 12.2 Å². The zero-order valence-corrected chi connectivity index (χ0v) is 18.7. The van der Waals surface area contributed by atoms with Crippen molar-refractivity contribution in [3.8, 4) is 11.5 Å². The second kappa shape index (κ2) is 8.85. The molecule has 9 nitrogen and oxygen atoms in total. The minimum Gasteiger partial charge on any atom is -0.409 e. The highest BCUT2D eigenvalue weighted by molar-refractivity contribution is 7.89. The van der Waals surface area contributed by atoms with Crippen molar-refractivity contribution in [2.24, 2.45) is 0 Å². The van der Waals surface area contributed by atoms with Crippen LogP contribution in [-0.2, 0) is 26.2 Å². The van der Waals surface area contributed by atoms with Gasteiger partial charge in [0, 0.05) is 31.7 Å². The van der Waals surface area contributed by atoms with Crippen molar-refractivity contribution in [2.45, 2.75) is 37.6 Å². The lowest BCUT2D eigenvalue weighted by molar-refractivity contribution is -0.0778. The first-order chi connectivity index (χ1) is 14.3. The Labute approximate surface area is 181 Å². The molecule has 1 aromatic heterocycles. The Hall–Kier alpha value is -1.63. The zero-order chi connectivity index (χ0) is 21.3. The SMILES string of the molecule is C[C@H]1CN(Cn2nc(-c3cccc(S(=O)(=O)N4CCOCC4)c3)oc2=S)C[C@H](C)O1. The van der Waals surface area contributed by atoms with Gasteiger partial charge in [-0.1, -0.05) is 6.07 Å². The van der Waals surface area contributed by atoms with Gasteiger partial charge >= 0.3 is 0 Å². The molecule has 2 fully saturated rings. The van der Waals surface area contributed by atoms with Gasteiger partial charge in [0.1, 0.15) is 0 Å². The summed E-state index contributed by atoms with van der Waals surface area (Å²) in [5.74, 6) is 0.299. The van der Waals surface area contributed by atoms with Crippen LogP contribution in [0.4, 0.5) is 0 Å². The fraction of sp³-hybridized carbons (Fsp3) is 0.579. The third-order valence-corrected chi connectivity index (χ3v) is 7.31. The molecule has 4 rings (SSSR count). The highest BCUT2D eigenvalue weighted by Crippen LogP contribution is 2.24. The maximum atomic E-state index is 12.9. The van der Waals surface area contributed by atoms with Gasteiger partial charge in [0.2, 0.25) is 15.9 Å². The Morgan fingerprint density at radius 3 is 2.57 bits per heavy atom. The van der Waals surface area contributed by atoms with Crippen LogP contribution in [0.3, 0.4) is 0 Å². The van der Waals surface area contributed by atoms with E-state index in [1.165, 1.54) is 4.31 Å². The average molecular weight is 455 g/mol. The molecule has 30 heavy (non-hydrogen) atoms. The number of aromatic nitrogens is 2. The Kier molecular flexibility index (Phi) is 6.37. The van der Waals surface area contributed by atoms with Gasteiger partial charge in [-0.05, 0) is 44.3 Å². The summed E-state index contributed by atoms with van der Waals surface area (Å²) in [6.07, 6.45) is 0.271. The van der Waals surface area contributed by atoms with Crippen LogP contribution in [0.2, 0.25) is 0 Å². The zero-order valence-electron chi connectivity index (χ0n) is 17.1. The molecule has 3 heterocycles. The quantitative estimate of drug-likeness (QED) is 0.634. The first-order valence-corrected chi connectivity index (χ1v) is 11.8. The molecule has 0 N–H and O–H groups in total. The first-order valence-electron chi connectivity index (χ1n) is 9.97. The number of hydrogen-bond acceptors (Lipinski definition) is 8. The second-order valence-corrected chi connectivity index (χ2v) is 9.94. The van der Waals surface area contributed by atoms with E-state index in [1.807, 2.05) is 13.8 Å². The van der Waals surface area contributed by atoms with Crippen molar-refractivity contribution in [1.82, 2.24) is 19.0 Å². The molecule has 2 saturated heterocycles. The molecule has 0 spiro atoms. The third kappa shape index (κ3) is 4.66. The Morgan fingerprint density at radius 2 is 1.87 bits per heavy atom. The van der Waals surface area contributed by atoms with Crippen molar-refractivity contribution in [2.75, 3.05) is 39.4 Å². The Balaban J connectivity index is 1.56. The smallest absolute Gasteiger partial charge is 0.288 e. The summed E-state index contributed by atoms with van der Waals surface area (Å²) in [4.78, 5) is 2.66. The molecule has 2 aromatic rings. The predicted octanol–water partition coefficient (Wildman–Crippen LogP) is 1.96. The number of rotatable bonds is 5. The minimum absolute atomic E-state index is 0.136. The lowest BCUT2D eigenvalue weighted by Crippen LogP contribution is -2.46. The van der Waals surface area contributed by atoms with Crippen LogP contribution in [-0.4, -0.2) is 79.0 Å². The highest BCUT2D eigenvalue weighted by Gasteiger charge is 2.27. The maximum absolute atomic E-state index is 12.9.